The van der Waals surface area contributed by atoms with Crippen LogP contribution in [-0.4, -0.2) is 14.8 Å². The Kier molecular flexibility index (Phi) is 2.97. The molecule has 2 aromatic rings. The Labute approximate surface area is 109 Å². The van der Waals surface area contributed by atoms with Crippen molar-refractivity contribution in [3.63, 3.8) is 0 Å². The second-order valence-electron chi connectivity index (χ2n) is 4.44. The third-order valence-electron chi connectivity index (χ3n) is 3.21. The highest BCUT2D eigenvalue weighted by Gasteiger charge is 2.15. The van der Waals surface area contributed by atoms with Crippen molar-refractivity contribution in [1.82, 2.24) is 14.8 Å². The van der Waals surface area contributed by atoms with Crippen molar-refractivity contribution >= 4 is 15.9 Å². The van der Waals surface area contributed by atoms with Crippen LogP contribution >= 0.6 is 15.9 Å². The maximum absolute atomic E-state index is 4.32. The van der Waals surface area contributed by atoms with Crippen molar-refractivity contribution in [2.75, 3.05) is 0 Å². The lowest BCUT2D eigenvalue weighted by Crippen LogP contribution is -2.13. The Morgan fingerprint density at radius 1 is 1.12 bits per heavy atom. The second-order valence-corrected chi connectivity index (χ2v) is 5.36. The van der Waals surface area contributed by atoms with Gasteiger partial charge in [0.25, 0.3) is 0 Å². The molecular formula is C13H14BrN3. The summed E-state index contributed by atoms with van der Waals surface area (Å²) in [7, 11) is 0. The summed E-state index contributed by atoms with van der Waals surface area (Å²) in [4.78, 5) is 0. The standard InChI is InChI=1S/C13H14BrN3/c14-11-6-4-10(5-7-11)9-13-16-15-12-3-1-2-8-17(12)13/h4-7H,1-3,8-9H2. The molecule has 3 nitrogen and oxygen atoms in total. The van der Waals surface area contributed by atoms with Gasteiger partial charge in [-0.2, -0.15) is 0 Å². The van der Waals surface area contributed by atoms with Crippen molar-refractivity contribution < 1.29 is 0 Å². The lowest BCUT2D eigenvalue weighted by Gasteiger charge is -2.14. The van der Waals surface area contributed by atoms with Gasteiger partial charge in [0.2, 0.25) is 0 Å². The van der Waals surface area contributed by atoms with Crippen LogP contribution in [0.2, 0.25) is 0 Å². The lowest BCUT2D eigenvalue weighted by atomic mass is 10.1. The highest BCUT2D eigenvalue weighted by atomic mass is 79.9. The van der Waals surface area contributed by atoms with E-state index in [-0.39, 0.29) is 0 Å². The van der Waals surface area contributed by atoms with Crippen molar-refractivity contribution in [3.05, 3.63) is 46.0 Å². The van der Waals surface area contributed by atoms with Crippen LogP contribution in [0.4, 0.5) is 0 Å². The summed E-state index contributed by atoms with van der Waals surface area (Å²) in [6.45, 7) is 1.08. The molecule has 0 saturated heterocycles. The first-order chi connectivity index (χ1) is 8.33. The number of fused-ring (bicyclic) bond motifs is 1. The van der Waals surface area contributed by atoms with Crippen LogP contribution < -0.4 is 0 Å². The molecule has 0 saturated carbocycles. The van der Waals surface area contributed by atoms with Crippen LogP contribution in [0.5, 0.6) is 0 Å². The van der Waals surface area contributed by atoms with E-state index in [1.807, 2.05) is 0 Å². The predicted molar refractivity (Wildman–Crippen MR) is 69.9 cm³/mol. The van der Waals surface area contributed by atoms with Gasteiger partial charge in [-0.3, -0.25) is 0 Å². The van der Waals surface area contributed by atoms with Gasteiger partial charge in [0.1, 0.15) is 11.6 Å². The molecule has 1 aliphatic heterocycles. The summed E-state index contributed by atoms with van der Waals surface area (Å²) >= 11 is 3.45. The molecule has 0 N–H and O–H groups in total. The number of aromatic nitrogens is 3. The third kappa shape index (κ3) is 2.27. The maximum Gasteiger partial charge on any atom is 0.137 e. The van der Waals surface area contributed by atoms with E-state index in [0.29, 0.717) is 0 Å². The first-order valence-electron chi connectivity index (χ1n) is 5.98. The number of nitrogens with zero attached hydrogens (tertiary/aromatic N) is 3. The Bertz CT molecular complexity index is 516. The fourth-order valence-corrected chi connectivity index (χ4v) is 2.55. The molecule has 3 rings (SSSR count). The minimum absolute atomic E-state index is 0.875. The maximum atomic E-state index is 4.32. The molecule has 0 atom stereocenters. The minimum Gasteiger partial charge on any atom is -0.315 e. The first-order valence-corrected chi connectivity index (χ1v) is 6.77. The topological polar surface area (TPSA) is 30.7 Å². The second kappa shape index (κ2) is 4.61. The van der Waals surface area contributed by atoms with Gasteiger partial charge in [-0.05, 0) is 30.5 Å². The van der Waals surface area contributed by atoms with E-state index in [2.05, 4.69) is 55.0 Å². The van der Waals surface area contributed by atoms with Crippen molar-refractivity contribution in [1.29, 1.82) is 0 Å². The highest BCUT2D eigenvalue weighted by Crippen LogP contribution is 2.17. The molecule has 2 heterocycles. The zero-order chi connectivity index (χ0) is 11.7. The Hall–Kier alpha value is -1.16. The van der Waals surface area contributed by atoms with Crippen molar-refractivity contribution in [2.24, 2.45) is 0 Å². The first kappa shape index (κ1) is 11.0. The average molecular weight is 292 g/mol. The molecule has 0 fully saturated rings. The molecule has 1 aliphatic rings. The van der Waals surface area contributed by atoms with Crippen molar-refractivity contribution in [3.8, 4) is 0 Å². The van der Waals surface area contributed by atoms with Gasteiger partial charge in [-0.25, -0.2) is 0 Å². The number of aryl methyl sites for hydroxylation is 1. The van der Waals surface area contributed by atoms with E-state index in [1.54, 1.807) is 0 Å². The molecule has 0 spiro atoms. The van der Waals surface area contributed by atoms with Crippen LogP contribution in [0.15, 0.2) is 28.7 Å². The van der Waals surface area contributed by atoms with E-state index in [1.165, 1.54) is 18.4 Å². The molecule has 4 heteroatoms. The fraction of sp³-hybridized carbons (Fsp3) is 0.385. The van der Waals surface area contributed by atoms with Crippen LogP contribution in [0.3, 0.4) is 0 Å². The summed E-state index contributed by atoms with van der Waals surface area (Å²) in [6.07, 6.45) is 4.45. The Morgan fingerprint density at radius 3 is 2.76 bits per heavy atom. The number of hydrogen-bond donors (Lipinski definition) is 0. The van der Waals surface area contributed by atoms with E-state index >= 15 is 0 Å². The van der Waals surface area contributed by atoms with Gasteiger partial charge in [-0.15, -0.1) is 10.2 Å². The summed E-state index contributed by atoms with van der Waals surface area (Å²) in [5.41, 5.74) is 1.29. The van der Waals surface area contributed by atoms with Crippen LogP contribution in [-0.2, 0) is 19.4 Å². The van der Waals surface area contributed by atoms with Gasteiger partial charge in [-0.1, -0.05) is 28.1 Å². The zero-order valence-corrected chi connectivity index (χ0v) is 11.2. The fourth-order valence-electron chi connectivity index (χ4n) is 2.28. The number of rotatable bonds is 2. The number of halogens is 1. The summed E-state index contributed by atoms with van der Waals surface area (Å²) in [5.74, 6) is 2.25. The van der Waals surface area contributed by atoms with Gasteiger partial charge in [0, 0.05) is 23.9 Å². The number of hydrogen-bond acceptors (Lipinski definition) is 2. The molecule has 17 heavy (non-hydrogen) atoms. The van der Waals surface area contributed by atoms with Gasteiger partial charge in [0.05, 0.1) is 0 Å². The van der Waals surface area contributed by atoms with Gasteiger partial charge < -0.3 is 4.57 Å². The van der Waals surface area contributed by atoms with E-state index in [0.717, 1.165) is 35.5 Å². The Balaban J connectivity index is 1.85. The monoisotopic (exact) mass is 291 g/mol. The molecule has 1 aromatic heterocycles. The van der Waals surface area contributed by atoms with E-state index < -0.39 is 0 Å². The van der Waals surface area contributed by atoms with Gasteiger partial charge >= 0.3 is 0 Å². The van der Waals surface area contributed by atoms with E-state index in [9.17, 15) is 0 Å². The molecular weight excluding hydrogens is 278 g/mol. The predicted octanol–water partition coefficient (Wildman–Crippen LogP) is 2.97. The molecule has 0 bridgehead atoms. The number of benzene rings is 1. The minimum atomic E-state index is 0.875. The van der Waals surface area contributed by atoms with Crippen LogP contribution in [0, 0.1) is 0 Å². The highest BCUT2D eigenvalue weighted by molar-refractivity contribution is 9.10. The molecule has 1 aromatic carbocycles. The molecule has 0 aliphatic carbocycles. The van der Waals surface area contributed by atoms with Crippen molar-refractivity contribution in [2.45, 2.75) is 32.2 Å². The van der Waals surface area contributed by atoms with Crippen LogP contribution in [0.1, 0.15) is 30.1 Å². The summed E-state index contributed by atoms with van der Waals surface area (Å²) < 4.78 is 3.40. The normalized spacial score (nSPS) is 14.6. The molecule has 88 valence electrons. The summed E-state index contributed by atoms with van der Waals surface area (Å²) in [6, 6.07) is 8.41. The largest absolute Gasteiger partial charge is 0.315 e. The molecule has 0 radical (unpaired) electrons. The zero-order valence-electron chi connectivity index (χ0n) is 9.56. The molecule has 0 amide bonds. The average Bonchev–Trinajstić information content (AvgIpc) is 2.76. The SMILES string of the molecule is Brc1ccc(Cc2nnc3n2CCCC3)cc1. The smallest absolute Gasteiger partial charge is 0.137 e. The Morgan fingerprint density at radius 2 is 1.94 bits per heavy atom. The van der Waals surface area contributed by atoms with E-state index in [4.69, 9.17) is 0 Å². The molecule has 0 unspecified atom stereocenters. The van der Waals surface area contributed by atoms with Crippen LogP contribution in [0.25, 0.3) is 0 Å². The lowest BCUT2D eigenvalue weighted by molar-refractivity contribution is 0.510. The quantitative estimate of drug-likeness (QED) is 0.852. The van der Waals surface area contributed by atoms with Gasteiger partial charge in [0.15, 0.2) is 0 Å². The third-order valence-corrected chi connectivity index (χ3v) is 3.74. The summed E-state index contributed by atoms with van der Waals surface area (Å²) in [5, 5.41) is 8.59.